The number of aryl methyl sites for hydroxylation is 1. The van der Waals surface area contributed by atoms with E-state index in [9.17, 15) is 8.78 Å². The van der Waals surface area contributed by atoms with Gasteiger partial charge in [0.05, 0.1) is 11.1 Å². The van der Waals surface area contributed by atoms with Crippen molar-refractivity contribution in [1.29, 1.82) is 0 Å². The molecule has 1 nitrogen and oxygen atoms in total. The molecule has 1 N–H and O–H groups in total. The Morgan fingerprint density at radius 2 is 1.75 bits per heavy atom. The molecule has 1 unspecified atom stereocenters. The third kappa shape index (κ3) is 3.22. The molecule has 0 amide bonds. The van der Waals surface area contributed by atoms with Crippen LogP contribution in [0.15, 0.2) is 30.3 Å². The minimum absolute atomic E-state index is 0.0103. The van der Waals surface area contributed by atoms with Gasteiger partial charge in [-0.1, -0.05) is 23.2 Å². The van der Waals surface area contributed by atoms with Gasteiger partial charge in [-0.3, -0.25) is 0 Å². The van der Waals surface area contributed by atoms with Gasteiger partial charge in [-0.15, -0.1) is 0 Å². The Kier molecular flexibility index (Phi) is 4.51. The summed E-state index contributed by atoms with van der Waals surface area (Å²) in [6.07, 6.45) is 0. The van der Waals surface area contributed by atoms with E-state index in [4.69, 9.17) is 23.2 Å². The zero-order valence-electron chi connectivity index (χ0n) is 11.0. The van der Waals surface area contributed by atoms with Crippen LogP contribution in [0.2, 0.25) is 10.0 Å². The minimum Gasteiger partial charge on any atom is -0.378 e. The Morgan fingerprint density at radius 1 is 1.05 bits per heavy atom. The zero-order chi connectivity index (χ0) is 14.9. The van der Waals surface area contributed by atoms with Gasteiger partial charge in [0, 0.05) is 10.7 Å². The van der Waals surface area contributed by atoms with Crippen LogP contribution in [0, 0.1) is 18.6 Å². The van der Waals surface area contributed by atoms with Gasteiger partial charge in [0.1, 0.15) is 11.6 Å². The predicted molar refractivity (Wildman–Crippen MR) is 79.6 cm³/mol. The van der Waals surface area contributed by atoms with E-state index in [2.05, 4.69) is 5.32 Å². The van der Waals surface area contributed by atoms with Gasteiger partial charge in [-0.25, -0.2) is 8.78 Å². The first-order chi connectivity index (χ1) is 9.38. The summed E-state index contributed by atoms with van der Waals surface area (Å²) in [5.74, 6) is -0.813. The molecule has 5 heteroatoms. The van der Waals surface area contributed by atoms with Crippen LogP contribution < -0.4 is 5.32 Å². The van der Waals surface area contributed by atoms with E-state index < -0.39 is 5.82 Å². The third-order valence-corrected chi connectivity index (χ3v) is 3.68. The second-order valence-corrected chi connectivity index (χ2v) is 5.43. The van der Waals surface area contributed by atoms with Gasteiger partial charge in [0.25, 0.3) is 0 Å². The van der Waals surface area contributed by atoms with Crippen LogP contribution in [0.3, 0.4) is 0 Å². The largest absolute Gasteiger partial charge is 0.378 e. The van der Waals surface area contributed by atoms with Crippen molar-refractivity contribution in [2.75, 3.05) is 5.32 Å². The quantitative estimate of drug-likeness (QED) is 0.711. The van der Waals surface area contributed by atoms with Gasteiger partial charge in [0.2, 0.25) is 0 Å². The van der Waals surface area contributed by atoms with Crippen molar-refractivity contribution in [2.24, 2.45) is 0 Å². The Balaban J connectivity index is 2.28. The molecule has 0 fully saturated rings. The molecule has 2 rings (SSSR count). The maximum atomic E-state index is 13.5. The molecule has 106 valence electrons. The maximum absolute atomic E-state index is 13.5. The Labute approximate surface area is 126 Å². The molecular formula is C15H13Cl2F2N. The molecule has 2 aromatic carbocycles. The average molecular weight is 316 g/mol. The topological polar surface area (TPSA) is 12.0 Å². The smallest absolute Gasteiger partial charge is 0.142 e. The van der Waals surface area contributed by atoms with Crippen molar-refractivity contribution >= 4 is 28.9 Å². The number of benzene rings is 2. The van der Waals surface area contributed by atoms with Crippen molar-refractivity contribution in [2.45, 2.75) is 19.9 Å². The Hall–Kier alpha value is -1.32. The number of hydrogen-bond donors (Lipinski definition) is 1. The molecule has 0 aliphatic rings. The van der Waals surface area contributed by atoms with E-state index in [1.165, 1.54) is 24.3 Å². The summed E-state index contributed by atoms with van der Waals surface area (Å²) < 4.78 is 26.6. The fourth-order valence-corrected chi connectivity index (χ4v) is 2.52. The molecule has 0 aliphatic heterocycles. The first-order valence-corrected chi connectivity index (χ1v) is 6.81. The summed E-state index contributed by atoms with van der Waals surface area (Å²) >= 11 is 11.7. The Bertz CT molecular complexity index is 644. The second-order valence-electron chi connectivity index (χ2n) is 4.61. The molecule has 0 bridgehead atoms. The summed E-state index contributed by atoms with van der Waals surface area (Å²) in [6.45, 7) is 3.64. The lowest BCUT2D eigenvalue weighted by Crippen LogP contribution is -2.09. The lowest BCUT2D eigenvalue weighted by atomic mass is 10.1. The van der Waals surface area contributed by atoms with E-state index >= 15 is 0 Å². The first kappa shape index (κ1) is 15.1. The summed E-state index contributed by atoms with van der Waals surface area (Å²) in [5, 5.41) is 3.56. The molecule has 0 aliphatic carbocycles. The number of hydrogen-bond acceptors (Lipinski definition) is 1. The van der Waals surface area contributed by atoms with Crippen LogP contribution >= 0.6 is 23.2 Å². The minimum atomic E-state index is -0.518. The van der Waals surface area contributed by atoms with Crippen LogP contribution in [-0.2, 0) is 0 Å². The highest BCUT2D eigenvalue weighted by atomic mass is 35.5. The normalized spacial score (nSPS) is 12.3. The summed E-state index contributed by atoms with van der Waals surface area (Å²) in [7, 11) is 0. The molecular weight excluding hydrogens is 303 g/mol. The van der Waals surface area contributed by atoms with E-state index in [1.54, 1.807) is 13.0 Å². The molecule has 20 heavy (non-hydrogen) atoms. The molecule has 0 spiro atoms. The fraction of sp³-hybridized carbons (Fsp3) is 0.200. The average Bonchev–Trinajstić information content (AvgIpc) is 2.37. The number of halogens is 4. The number of rotatable bonds is 3. The van der Waals surface area contributed by atoms with Crippen molar-refractivity contribution in [3.63, 3.8) is 0 Å². The van der Waals surface area contributed by atoms with Crippen molar-refractivity contribution in [1.82, 2.24) is 0 Å². The van der Waals surface area contributed by atoms with Gasteiger partial charge < -0.3 is 5.32 Å². The summed E-state index contributed by atoms with van der Waals surface area (Å²) in [6, 6.07) is 6.88. The van der Waals surface area contributed by atoms with Crippen LogP contribution in [-0.4, -0.2) is 0 Å². The molecule has 2 aromatic rings. The molecule has 1 atom stereocenters. The highest BCUT2D eigenvalue weighted by Crippen LogP contribution is 2.31. The fourth-order valence-electron chi connectivity index (χ4n) is 1.97. The van der Waals surface area contributed by atoms with E-state index in [0.717, 1.165) is 11.3 Å². The molecule has 0 radical (unpaired) electrons. The SMILES string of the molecule is Cc1cc(F)ccc1NC(C)c1cc(F)c(Cl)cc1Cl. The maximum Gasteiger partial charge on any atom is 0.142 e. The zero-order valence-corrected chi connectivity index (χ0v) is 12.5. The third-order valence-electron chi connectivity index (χ3n) is 3.07. The summed E-state index contributed by atoms with van der Waals surface area (Å²) in [5.41, 5.74) is 2.13. The van der Waals surface area contributed by atoms with E-state index in [-0.39, 0.29) is 16.9 Å². The van der Waals surface area contributed by atoms with Gasteiger partial charge in [-0.05, 0) is 55.3 Å². The van der Waals surface area contributed by atoms with Crippen molar-refractivity contribution < 1.29 is 8.78 Å². The van der Waals surface area contributed by atoms with E-state index in [0.29, 0.717) is 10.6 Å². The van der Waals surface area contributed by atoms with Crippen LogP contribution in [0.5, 0.6) is 0 Å². The first-order valence-electron chi connectivity index (χ1n) is 6.05. The van der Waals surface area contributed by atoms with Gasteiger partial charge >= 0.3 is 0 Å². The summed E-state index contributed by atoms with van der Waals surface area (Å²) in [4.78, 5) is 0. The molecule has 0 saturated heterocycles. The highest BCUT2D eigenvalue weighted by molar-refractivity contribution is 6.35. The molecule has 0 saturated carbocycles. The van der Waals surface area contributed by atoms with Crippen molar-refractivity contribution in [3.8, 4) is 0 Å². The van der Waals surface area contributed by atoms with Crippen LogP contribution in [0.4, 0.5) is 14.5 Å². The van der Waals surface area contributed by atoms with E-state index in [1.807, 2.05) is 6.92 Å². The number of anilines is 1. The van der Waals surface area contributed by atoms with Gasteiger partial charge in [0.15, 0.2) is 0 Å². The highest BCUT2D eigenvalue weighted by Gasteiger charge is 2.14. The lowest BCUT2D eigenvalue weighted by Gasteiger charge is -2.19. The molecule has 0 aromatic heterocycles. The standard InChI is InChI=1S/C15H13Cl2F2N/c1-8-5-10(18)3-4-15(8)20-9(2)11-6-14(19)13(17)7-12(11)16/h3-7,9,20H,1-2H3. The molecule has 0 heterocycles. The second kappa shape index (κ2) is 5.98. The van der Waals surface area contributed by atoms with Crippen LogP contribution in [0.25, 0.3) is 0 Å². The Morgan fingerprint density at radius 3 is 2.40 bits per heavy atom. The monoisotopic (exact) mass is 315 g/mol. The van der Waals surface area contributed by atoms with Crippen LogP contribution in [0.1, 0.15) is 24.1 Å². The lowest BCUT2D eigenvalue weighted by molar-refractivity contribution is 0.624. The predicted octanol–water partition coefficient (Wildman–Crippen LogP) is 5.75. The van der Waals surface area contributed by atoms with Gasteiger partial charge in [-0.2, -0.15) is 0 Å². The number of nitrogens with one attached hydrogen (secondary N) is 1. The van der Waals surface area contributed by atoms with Crippen molar-refractivity contribution in [3.05, 3.63) is 63.1 Å².